The fourth-order valence-corrected chi connectivity index (χ4v) is 1.65. The lowest BCUT2D eigenvalue weighted by Gasteiger charge is -2.05. The second kappa shape index (κ2) is 5.25. The Bertz CT molecular complexity index is 602. The Hall–Kier alpha value is -1.78. The summed E-state index contributed by atoms with van der Waals surface area (Å²) in [7, 11) is 0. The molecule has 0 unspecified atom stereocenters. The number of pyridine rings is 1. The minimum Gasteiger partial charge on any atom is -0.506 e. The van der Waals surface area contributed by atoms with Crippen molar-refractivity contribution in [2.24, 2.45) is 0 Å². The number of aromatic hydroxyl groups is 1. The number of phenols is 1. The van der Waals surface area contributed by atoms with Crippen LogP contribution in [-0.2, 0) is 0 Å². The maximum atomic E-state index is 11.9. The van der Waals surface area contributed by atoms with Gasteiger partial charge in [0.05, 0.1) is 5.02 Å². The maximum absolute atomic E-state index is 11.9. The first kappa shape index (κ1) is 12.7. The highest BCUT2D eigenvalue weighted by molar-refractivity contribution is 6.32. The van der Waals surface area contributed by atoms with Crippen molar-refractivity contribution < 1.29 is 9.90 Å². The van der Waals surface area contributed by atoms with Crippen LogP contribution in [0.4, 0.5) is 5.82 Å². The monoisotopic (exact) mass is 282 g/mol. The third kappa shape index (κ3) is 2.91. The van der Waals surface area contributed by atoms with Gasteiger partial charge in [-0.15, -0.1) is 0 Å². The third-order valence-electron chi connectivity index (χ3n) is 2.17. The molecule has 18 heavy (non-hydrogen) atoms. The van der Waals surface area contributed by atoms with Crippen LogP contribution >= 0.6 is 23.2 Å². The van der Waals surface area contributed by atoms with Crippen molar-refractivity contribution >= 4 is 34.9 Å². The average molecular weight is 283 g/mol. The standard InChI is InChI=1S/C12H8Cl2N2O2/c13-8-3-4-15-11(6-8)16-12(18)7-1-2-10(17)9(14)5-7/h1-6,17H,(H,15,16,18). The van der Waals surface area contributed by atoms with E-state index in [0.29, 0.717) is 16.4 Å². The molecule has 6 heteroatoms. The van der Waals surface area contributed by atoms with Crippen molar-refractivity contribution in [3.05, 3.63) is 52.1 Å². The van der Waals surface area contributed by atoms with Gasteiger partial charge in [0, 0.05) is 16.8 Å². The number of nitrogens with one attached hydrogen (secondary N) is 1. The summed E-state index contributed by atoms with van der Waals surface area (Å²) >= 11 is 11.5. The van der Waals surface area contributed by atoms with Crippen molar-refractivity contribution in [2.75, 3.05) is 5.32 Å². The van der Waals surface area contributed by atoms with Crippen LogP contribution in [0.5, 0.6) is 5.75 Å². The Balaban J connectivity index is 2.19. The van der Waals surface area contributed by atoms with E-state index in [4.69, 9.17) is 23.2 Å². The van der Waals surface area contributed by atoms with Crippen LogP contribution in [0.25, 0.3) is 0 Å². The highest BCUT2D eigenvalue weighted by Gasteiger charge is 2.09. The van der Waals surface area contributed by atoms with Crippen LogP contribution in [0.2, 0.25) is 10.0 Å². The van der Waals surface area contributed by atoms with Gasteiger partial charge < -0.3 is 10.4 Å². The highest BCUT2D eigenvalue weighted by Crippen LogP contribution is 2.24. The second-order valence-electron chi connectivity index (χ2n) is 3.48. The van der Waals surface area contributed by atoms with E-state index in [2.05, 4.69) is 10.3 Å². The molecule has 1 aromatic heterocycles. The minimum atomic E-state index is -0.383. The number of carbonyl (C=O) groups is 1. The summed E-state index contributed by atoms with van der Waals surface area (Å²) in [5, 5.41) is 12.4. The smallest absolute Gasteiger partial charge is 0.256 e. The molecule has 1 heterocycles. The summed E-state index contributed by atoms with van der Waals surface area (Å²) in [5.74, 6) is -0.113. The fraction of sp³-hybridized carbons (Fsp3) is 0. The molecular formula is C12H8Cl2N2O2. The van der Waals surface area contributed by atoms with Gasteiger partial charge in [-0.2, -0.15) is 0 Å². The second-order valence-corrected chi connectivity index (χ2v) is 4.32. The number of amides is 1. The summed E-state index contributed by atoms with van der Waals surface area (Å²) in [6.07, 6.45) is 1.49. The third-order valence-corrected chi connectivity index (χ3v) is 2.71. The molecule has 0 atom stereocenters. The van der Waals surface area contributed by atoms with Gasteiger partial charge in [0.1, 0.15) is 11.6 Å². The number of hydrogen-bond donors (Lipinski definition) is 2. The van der Waals surface area contributed by atoms with E-state index in [1.165, 1.54) is 30.5 Å². The van der Waals surface area contributed by atoms with E-state index in [1.807, 2.05) is 0 Å². The molecule has 1 aromatic carbocycles. The van der Waals surface area contributed by atoms with Crippen molar-refractivity contribution in [2.45, 2.75) is 0 Å². The molecule has 0 bridgehead atoms. The number of nitrogens with zero attached hydrogens (tertiary/aromatic N) is 1. The number of aromatic nitrogens is 1. The van der Waals surface area contributed by atoms with E-state index in [9.17, 15) is 9.90 Å². The Morgan fingerprint density at radius 2 is 2.00 bits per heavy atom. The van der Waals surface area contributed by atoms with E-state index >= 15 is 0 Å². The van der Waals surface area contributed by atoms with E-state index in [-0.39, 0.29) is 16.7 Å². The van der Waals surface area contributed by atoms with Crippen molar-refractivity contribution in [3.63, 3.8) is 0 Å². The average Bonchev–Trinajstić information content (AvgIpc) is 2.32. The van der Waals surface area contributed by atoms with Crippen molar-refractivity contribution in [1.82, 2.24) is 4.98 Å². The predicted octanol–water partition coefficient (Wildman–Crippen LogP) is 3.35. The molecule has 0 fully saturated rings. The van der Waals surface area contributed by atoms with Gasteiger partial charge in [-0.25, -0.2) is 4.98 Å². The number of phenolic OH excluding ortho intramolecular Hbond substituents is 1. The molecule has 0 spiro atoms. The van der Waals surface area contributed by atoms with E-state index in [0.717, 1.165) is 0 Å². The van der Waals surface area contributed by atoms with Crippen LogP contribution < -0.4 is 5.32 Å². The highest BCUT2D eigenvalue weighted by atomic mass is 35.5. The van der Waals surface area contributed by atoms with Crippen LogP contribution in [0.3, 0.4) is 0 Å². The molecule has 0 saturated carbocycles. The molecule has 4 nitrogen and oxygen atoms in total. The minimum absolute atomic E-state index is 0.0749. The largest absolute Gasteiger partial charge is 0.506 e. The van der Waals surface area contributed by atoms with Crippen molar-refractivity contribution in [1.29, 1.82) is 0 Å². The number of carbonyl (C=O) groups excluding carboxylic acids is 1. The molecule has 0 aliphatic rings. The molecule has 2 rings (SSSR count). The SMILES string of the molecule is O=C(Nc1cc(Cl)ccn1)c1ccc(O)c(Cl)c1. The number of anilines is 1. The van der Waals surface area contributed by atoms with Gasteiger partial charge in [0.25, 0.3) is 5.91 Å². The maximum Gasteiger partial charge on any atom is 0.256 e. The first-order chi connectivity index (χ1) is 8.56. The Kier molecular flexibility index (Phi) is 3.69. The number of benzene rings is 1. The van der Waals surface area contributed by atoms with Gasteiger partial charge in [0.2, 0.25) is 0 Å². The Morgan fingerprint density at radius 3 is 2.67 bits per heavy atom. The molecule has 92 valence electrons. The van der Waals surface area contributed by atoms with Gasteiger partial charge in [-0.3, -0.25) is 4.79 Å². The molecule has 0 aliphatic heterocycles. The van der Waals surface area contributed by atoms with Crippen molar-refractivity contribution in [3.8, 4) is 5.75 Å². The number of halogens is 2. The number of rotatable bonds is 2. The zero-order valence-electron chi connectivity index (χ0n) is 9.02. The molecule has 0 radical (unpaired) electrons. The van der Waals surface area contributed by atoms with Gasteiger partial charge in [0.15, 0.2) is 0 Å². The summed E-state index contributed by atoms with van der Waals surface area (Å²) in [4.78, 5) is 15.8. The van der Waals surface area contributed by atoms with Crippen LogP contribution in [0.15, 0.2) is 36.5 Å². The molecule has 0 aliphatic carbocycles. The van der Waals surface area contributed by atoms with Crippen LogP contribution in [-0.4, -0.2) is 16.0 Å². The quantitative estimate of drug-likeness (QED) is 0.888. The Morgan fingerprint density at radius 1 is 1.22 bits per heavy atom. The summed E-state index contributed by atoms with van der Waals surface area (Å²) in [5.41, 5.74) is 0.319. The summed E-state index contributed by atoms with van der Waals surface area (Å²) < 4.78 is 0. The zero-order valence-corrected chi connectivity index (χ0v) is 10.5. The lowest BCUT2D eigenvalue weighted by atomic mass is 10.2. The molecular weight excluding hydrogens is 275 g/mol. The summed E-state index contributed by atoms with van der Waals surface area (Å²) in [6.45, 7) is 0. The van der Waals surface area contributed by atoms with Gasteiger partial charge in [-0.05, 0) is 30.3 Å². The fourth-order valence-electron chi connectivity index (χ4n) is 1.31. The molecule has 1 amide bonds. The first-order valence-corrected chi connectivity index (χ1v) is 5.73. The van der Waals surface area contributed by atoms with E-state index in [1.54, 1.807) is 6.07 Å². The molecule has 2 N–H and O–H groups in total. The Labute approximate surface area is 113 Å². The van der Waals surface area contributed by atoms with E-state index < -0.39 is 0 Å². The van der Waals surface area contributed by atoms with Gasteiger partial charge in [-0.1, -0.05) is 23.2 Å². The predicted molar refractivity (Wildman–Crippen MR) is 70.3 cm³/mol. The first-order valence-electron chi connectivity index (χ1n) is 4.97. The lowest BCUT2D eigenvalue weighted by Crippen LogP contribution is -2.12. The van der Waals surface area contributed by atoms with Crippen LogP contribution in [0, 0.1) is 0 Å². The topological polar surface area (TPSA) is 62.2 Å². The normalized spacial score (nSPS) is 10.1. The zero-order chi connectivity index (χ0) is 13.1. The molecule has 0 saturated heterocycles. The number of hydrogen-bond acceptors (Lipinski definition) is 3. The van der Waals surface area contributed by atoms with Gasteiger partial charge >= 0.3 is 0 Å². The van der Waals surface area contributed by atoms with Crippen LogP contribution in [0.1, 0.15) is 10.4 Å². The molecule has 2 aromatic rings. The lowest BCUT2D eigenvalue weighted by molar-refractivity contribution is 0.102. The summed E-state index contributed by atoms with van der Waals surface area (Å²) in [6, 6.07) is 7.32.